The Hall–Kier alpha value is -5.53. The van der Waals surface area contributed by atoms with Gasteiger partial charge >= 0.3 is 0 Å². The minimum absolute atomic E-state index is 0.0789. The van der Waals surface area contributed by atoms with E-state index in [0.717, 1.165) is 33.6 Å². The smallest absolute Gasteiger partial charge is 0.164 e. The third-order valence-corrected chi connectivity index (χ3v) is 9.63. The molecule has 0 saturated heterocycles. The van der Waals surface area contributed by atoms with Gasteiger partial charge in [0.1, 0.15) is 5.82 Å². The summed E-state index contributed by atoms with van der Waals surface area (Å²) < 4.78 is 0. The number of nitrogens with zero attached hydrogens (tertiary/aromatic N) is 6. The summed E-state index contributed by atoms with van der Waals surface area (Å²) in [6.07, 6.45) is 0. The topological polar surface area (TPSA) is 77.3 Å². The summed E-state index contributed by atoms with van der Waals surface area (Å²) >= 11 is 1.82. The van der Waals surface area contributed by atoms with E-state index < -0.39 is 0 Å². The molecule has 0 spiro atoms. The van der Waals surface area contributed by atoms with E-state index in [1.165, 1.54) is 10.5 Å². The van der Waals surface area contributed by atoms with E-state index in [4.69, 9.17) is 29.9 Å². The van der Waals surface area contributed by atoms with E-state index in [0.29, 0.717) is 29.1 Å². The van der Waals surface area contributed by atoms with Crippen molar-refractivity contribution in [3.63, 3.8) is 0 Å². The Bertz CT molecular complexity index is 2100. The summed E-state index contributed by atoms with van der Waals surface area (Å²) in [4.78, 5) is 31.1. The van der Waals surface area contributed by atoms with Gasteiger partial charge < -0.3 is 0 Å². The SMILES string of the molecule is CC1c2ccccc2SC1c1nc(-c2ccccc2)nc(-c2cccc(-c3nc(-c4ccccc4)nc(-c4ccccc4)n3)c2)n1. The molecule has 2 aromatic heterocycles. The molecule has 1 aliphatic heterocycles. The summed E-state index contributed by atoms with van der Waals surface area (Å²) in [5, 5.41) is 0.0789. The zero-order valence-electron chi connectivity index (χ0n) is 25.0. The maximum absolute atomic E-state index is 5.11. The fourth-order valence-electron chi connectivity index (χ4n) is 5.74. The van der Waals surface area contributed by atoms with Crippen LogP contribution in [0.2, 0.25) is 0 Å². The first-order chi connectivity index (χ1) is 22.7. The van der Waals surface area contributed by atoms with Crippen molar-refractivity contribution < 1.29 is 0 Å². The molecule has 2 atom stereocenters. The van der Waals surface area contributed by atoms with E-state index in [9.17, 15) is 0 Å². The summed E-state index contributed by atoms with van der Waals surface area (Å²) in [7, 11) is 0. The molecule has 220 valence electrons. The first-order valence-electron chi connectivity index (χ1n) is 15.2. The monoisotopic (exact) mass is 612 g/mol. The Morgan fingerprint density at radius 1 is 0.413 bits per heavy atom. The highest BCUT2D eigenvalue weighted by atomic mass is 32.2. The van der Waals surface area contributed by atoms with Gasteiger partial charge in [-0.05, 0) is 17.7 Å². The van der Waals surface area contributed by atoms with Gasteiger partial charge in [0.05, 0.1) is 5.25 Å². The molecule has 8 rings (SSSR count). The van der Waals surface area contributed by atoms with Crippen LogP contribution < -0.4 is 0 Å². The molecule has 0 amide bonds. The van der Waals surface area contributed by atoms with Gasteiger partial charge in [0.25, 0.3) is 0 Å². The van der Waals surface area contributed by atoms with E-state index in [1.807, 2.05) is 121 Å². The van der Waals surface area contributed by atoms with E-state index >= 15 is 0 Å². The minimum Gasteiger partial charge on any atom is -0.212 e. The fraction of sp³-hybridized carbons (Fsp3) is 0.0769. The Kier molecular flexibility index (Phi) is 7.36. The Labute approximate surface area is 271 Å². The van der Waals surface area contributed by atoms with Gasteiger partial charge in [-0.3, -0.25) is 0 Å². The van der Waals surface area contributed by atoms with Crippen LogP contribution in [0.4, 0.5) is 0 Å². The molecule has 6 nitrogen and oxygen atoms in total. The Morgan fingerprint density at radius 3 is 1.30 bits per heavy atom. The zero-order valence-corrected chi connectivity index (χ0v) is 25.8. The highest BCUT2D eigenvalue weighted by Gasteiger charge is 2.34. The Morgan fingerprint density at radius 2 is 0.804 bits per heavy atom. The number of hydrogen-bond acceptors (Lipinski definition) is 7. The number of aromatic nitrogens is 6. The zero-order chi connectivity index (χ0) is 30.9. The maximum Gasteiger partial charge on any atom is 0.164 e. The van der Waals surface area contributed by atoms with Crippen LogP contribution in [0.15, 0.2) is 144 Å². The molecular weight excluding hydrogens is 585 g/mol. The molecule has 0 radical (unpaired) electrons. The van der Waals surface area contributed by atoms with Crippen molar-refractivity contribution in [1.29, 1.82) is 0 Å². The fourth-order valence-corrected chi connectivity index (χ4v) is 7.12. The van der Waals surface area contributed by atoms with Crippen LogP contribution in [0.5, 0.6) is 0 Å². The lowest BCUT2D eigenvalue weighted by Gasteiger charge is -2.16. The highest BCUT2D eigenvalue weighted by molar-refractivity contribution is 8.00. The second-order valence-electron chi connectivity index (χ2n) is 11.2. The first-order valence-corrected chi connectivity index (χ1v) is 16.1. The van der Waals surface area contributed by atoms with Crippen LogP contribution >= 0.6 is 11.8 Å². The predicted molar refractivity (Wildman–Crippen MR) is 184 cm³/mol. The van der Waals surface area contributed by atoms with Gasteiger partial charge in [0.15, 0.2) is 29.1 Å². The molecule has 0 bridgehead atoms. The molecule has 0 saturated carbocycles. The van der Waals surface area contributed by atoms with Gasteiger partial charge in [-0.1, -0.05) is 134 Å². The van der Waals surface area contributed by atoms with Crippen molar-refractivity contribution in [2.24, 2.45) is 0 Å². The van der Waals surface area contributed by atoms with E-state index in [-0.39, 0.29) is 11.2 Å². The molecule has 0 N–H and O–H groups in total. The van der Waals surface area contributed by atoms with Crippen molar-refractivity contribution in [3.05, 3.63) is 151 Å². The molecule has 46 heavy (non-hydrogen) atoms. The number of rotatable bonds is 6. The number of hydrogen-bond donors (Lipinski definition) is 0. The van der Waals surface area contributed by atoms with Crippen molar-refractivity contribution >= 4 is 11.8 Å². The lowest BCUT2D eigenvalue weighted by Crippen LogP contribution is -2.08. The highest BCUT2D eigenvalue weighted by Crippen LogP contribution is 2.53. The van der Waals surface area contributed by atoms with E-state index in [1.54, 1.807) is 0 Å². The molecule has 5 aromatic carbocycles. The van der Waals surface area contributed by atoms with Crippen LogP contribution in [0.3, 0.4) is 0 Å². The molecule has 7 aromatic rings. The average Bonchev–Trinajstić information content (AvgIpc) is 3.48. The minimum atomic E-state index is 0.0789. The second kappa shape index (κ2) is 12.1. The lowest BCUT2D eigenvalue weighted by molar-refractivity contribution is 0.707. The largest absolute Gasteiger partial charge is 0.212 e. The molecule has 7 heteroatoms. The second-order valence-corrected chi connectivity index (χ2v) is 12.4. The number of fused-ring (bicyclic) bond motifs is 1. The van der Waals surface area contributed by atoms with Gasteiger partial charge in [0.2, 0.25) is 0 Å². The molecule has 0 fully saturated rings. The molecule has 3 heterocycles. The summed E-state index contributed by atoms with van der Waals surface area (Å²) in [5.41, 5.74) is 5.87. The van der Waals surface area contributed by atoms with Crippen molar-refractivity contribution in [2.45, 2.75) is 23.0 Å². The normalized spacial score (nSPS) is 15.4. The molecule has 0 aliphatic carbocycles. The molecule has 2 unspecified atom stereocenters. The van der Waals surface area contributed by atoms with Crippen LogP contribution in [-0.4, -0.2) is 29.9 Å². The summed E-state index contributed by atoms with van der Waals surface area (Å²) in [6, 6.07) is 46.8. The van der Waals surface area contributed by atoms with Gasteiger partial charge in [0, 0.05) is 38.6 Å². The van der Waals surface area contributed by atoms with Gasteiger partial charge in [-0.25, -0.2) is 29.9 Å². The van der Waals surface area contributed by atoms with Gasteiger partial charge in [-0.15, -0.1) is 11.8 Å². The van der Waals surface area contributed by atoms with Gasteiger partial charge in [-0.2, -0.15) is 0 Å². The van der Waals surface area contributed by atoms with Crippen LogP contribution in [-0.2, 0) is 0 Å². The third kappa shape index (κ3) is 5.46. The average molecular weight is 613 g/mol. The number of thioether (sulfide) groups is 1. The van der Waals surface area contributed by atoms with Crippen molar-refractivity contribution in [1.82, 2.24) is 29.9 Å². The quantitative estimate of drug-likeness (QED) is 0.185. The summed E-state index contributed by atoms with van der Waals surface area (Å²) in [6.45, 7) is 2.26. The standard InChI is InChI=1S/C39H28N6S/c1-25-31-22-11-12-23-32(31)46-33(25)39-44-36(28-18-9-4-10-19-28)43-38(45-39)30-21-13-20-29(24-30)37-41-34(26-14-5-2-6-15-26)40-35(42-37)27-16-7-3-8-17-27/h2-25,33H,1H3. The Balaban J connectivity index is 1.25. The first kappa shape index (κ1) is 28.0. The summed E-state index contributed by atoms with van der Waals surface area (Å²) in [5.74, 6) is 4.15. The van der Waals surface area contributed by atoms with Crippen LogP contribution in [0.1, 0.15) is 29.5 Å². The van der Waals surface area contributed by atoms with Crippen molar-refractivity contribution in [2.75, 3.05) is 0 Å². The number of benzene rings is 5. The maximum atomic E-state index is 5.11. The van der Waals surface area contributed by atoms with E-state index in [2.05, 4.69) is 37.3 Å². The van der Waals surface area contributed by atoms with Crippen LogP contribution in [0.25, 0.3) is 56.9 Å². The molecular formula is C39H28N6S. The third-order valence-electron chi connectivity index (χ3n) is 8.14. The lowest BCUT2D eigenvalue weighted by atomic mass is 9.97. The predicted octanol–water partition coefficient (Wildman–Crippen LogP) is 9.34. The van der Waals surface area contributed by atoms with Crippen molar-refractivity contribution in [3.8, 4) is 56.9 Å². The molecule has 1 aliphatic rings. The van der Waals surface area contributed by atoms with Crippen LogP contribution in [0, 0.1) is 0 Å².